The molecule has 0 aromatic carbocycles. The molecule has 2 heterocycles. The molecule has 5 nitrogen and oxygen atoms in total. The lowest BCUT2D eigenvalue weighted by Crippen LogP contribution is -2.27. The van der Waals surface area contributed by atoms with Crippen molar-refractivity contribution in [2.24, 2.45) is 10.9 Å². The SMILES string of the molecule is N/C(=N/O)c1ccnc(N2CCCSCC2)c1Cl. The smallest absolute Gasteiger partial charge is 0.171 e. The quantitative estimate of drug-likeness (QED) is 0.375. The molecule has 1 fully saturated rings. The lowest BCUT2D eigenvalue weighted by Gasteiger charge is -2.22. The summed E-state index contributed by atoms with van der Waals surface area (Å²) in [7, 11) is 0. The van der Waals surface area contributed by atoms with Gasteiger partial charge in [-0.05, 0) is 18.2 Å². The Hall–Kier alpha value is -1.14. The molecule has 18 heavy (non-hydrogen) atoms. The van der Waals surface area contributed by atoms with Crippen LogP contribution >= 0.6 is 23.4 Å². The molecular weight excluding hydrogens is 272 g/mol. The predicted molar refractivity (Wildman–Crippen MR) is 75.9 cm³/mol. The summed E-state index contributed by atoms with van der Waals surface area (Å²) in [6.45, 7) is 1.84. The van der Waals surface area contributed by atoms with Gasteiger partial charge in [-0.2, -0.15) is 11.8 Å². The van der Waals surface area contributed by atoms with Gasteiger partial charge in [0.2, 0.25) is 0 Å². The van der Waals surface area contributed by atoms with E-state index in [1.54, 1.807) is 12.3 Å². The van der Waals surface area contributed by atoms with Gasteiger partial charge in [-0.15, -0.1) is 0 Å². The Balaban J connectivity index is 2.32. The van der Waals surface area contributed by atoms with Crippen molar-refractivity contribution in [2.45, 2.75) is 6.42 Å². The maximum Gasteiger partial charge on any atom is 0.171 e. The minimum Gasteiger partial charge on any atom is -0.409 e. The molecule has 2 rings (SSSR count). The Morgan fingerprint density at radius 3 is 3.11 bits per heavy atom. The van der Waals surface area contributed by atoms with Crippen molar-refractivity contribution in [1.82, 2.24) is 4.98 Å². The van der Waals surface area contributed by atoms with E-state index in [0.29, 0.717) is 16.4 Å². The summed E-state index contributed by atoms with van der Waals surface area (Å²) < 4.78 is 0. The Morgan fingerprint density at radius 2 is 2.33 bits per heavy atom. The number of halogens is 1. The Labute approximate surface area is 115 Å². The number of nitrogens with two attached hydrogens (primary N) is 1. The molecular formula is C11H15ClN4OS. The first-order valence-corrected chi connectivity index (χ1v) is 7.22. The fraction of sp³-hybridized carbons (Fsp3) is 0.455. The summed E-state index contributed by atoms with van der Waals surface area (Å²) in [5.74, 6) is 2.94. The first-order valence-electron chi connectivity index (χ1n) is 5.69. The summed E-state index contributed by atoms with van der Waals surface area (Å²) in [5.41, 5.74) is 6.10. The van der Waals surface area contributed by atoms with Gasteiger partial charge >= 0.3 is 0 Å². The third kappa shape index (κ3) is 2.81. The fourth-order valence-corrected chi connectivity index (χ4v) is 3.08. The standard InChI is InChI=1S/C11H15ClN4OS/c12-9-8(10(13)15-17)2-3-14-11(9)16-4-1-6-18-7-5-16/h2-3,17H,1,4-7H2,(H2,13,15). The first kappa shape index (κ1) is 13.3. The second kappa shape index (κ2) is 6.15. The van der Waals surface area contributed by atoms with E-state index in [9.17, 15) is 0 Å². The fourth-order valence-electron chi connectivity index (χ4n) is 1.86. The highest BCUT2D eigenvalue weighted by atomic mass is 35.5. The van der Waals surface area contributed by atoms with Crippen LogP contribution in [0.4, 0.5) is 5.82 Å². The van der Waals surface area contributed by atoms with E-state index in [0.717, 1.165) is 31.0 Å². The van der Waals surface area contributed by atoms with Crippen LogP contribution in [0.3, 0.4) is 0 Å². The number of hydrogen-bond donors (Lipinski definition) is 2. The maximum absolute atomic E-state index is 8.73. The average molecular weight is 287 g/mol. The highest BCUT2D eigenvalue weighted by Gasteiger charge is 2.17. The van der Waals surface area contributed by atoms with E-state index in [1.807, 2.05) is 11.8 Å². The molecule has 0 radical (unpaired) electrons. The highest BCUT2D eigenvalue weighted by Crippen LogP contribution is 2.28. The highest BCUT2D eigenvalue weighted by molar-refractivity contribution is 7.99. The van der Waals surface area contributed by atoms with E-state index in [4.69, 9.17) is 22.5 Å². The largest absolute Gasteiger partial charge is 0.409 e. The number of oxime groups is 1. The molecule has 1 aliphatic heterocycles. The lowest BCUT2D eigenvalue weighted by molar-refractivity contribution is 0.318. The van der Waals surface area contributed by atoms with E-state index in [-0.39, 0.29) is 5.84 Å². The van der Waals surface area contributed by atoms with Crippen LogP contribution in [0.15, 0.2) is 17.4 Å². The summed E-state index contributed by atoms with van der Waals surface area (Å²) in [6, 6.07) is 1.65. The first-order chi connectivity index (χ1) is 8.74. The third-order valence-electron chi connectivity index (χ3n) is 2.78. The van der Waals surface area contributed by atoms with Gasteiger partial charge in [0.1, 0.15) is 5.82 Å². The monoisotopic (exact) mass is 286 g/mol. The summed E-state index contributed by atoms with van der Waals surface area (Å²) in [5, 5.41) is 12.2. The number of pyridine rings is 1. The molecule has 0 atom stereocenters. The predicted octanol–water partition coefficient (Wildman–Crippen LogP) is 1.77. The molecule has 7 heteroatoms. The Kier molecular flexibility index (Phi) is 4.54. The van der Waals surface area contributed by atoms with Crippen molar-refractivity contribution >= 4 is 35.0 Å². The van der Waals surface area contributed by atoms with Crippen molar-refractivity contribution in [3.63, 3.8) is 0 Å². The van der Waals surface area contributed by atoms with Gasteiger partial charge in [0.25, 0.3) is 0 Å². The minimum atomic E-state index is 0.00727. The average Bonchev–Trinajstić information content (AvgIpc) is 2.67. The van der Waals surface area contributed by atoms with Crippen LogP contribution in [-0.4, -0.2) is 40.6 Å². The van der Waals surface area contributed by atoms with Crippen molar-refractivity contribution in [3.05, 3.63) is 22.8 Å². The van der Waals surface area contributed by atoms with E-state index in [1.165, 1.54) is 0 Å². The molecule has 0 spiro atoms. The molecule has 1 saturated heterocycles. The van der Waals surface area contributed by atoms with Gasteiger partial charge in [0, 0.05) is 30.6 Å². The maximum atomic E-state index is 8.73. The van der Waals surface area contributed by atoms with Crippen LogP contribution in [0.5, 0.6) is 0 Å². The van der Waals surface area contributed by atoms with Gasteiger partial charge in [-0.25, -0.2) is 4.98 Å². The van der Waals surface area contributed by atoms with Crippen molar-refractivity contribution in [2.75, 3.05) is 29.5 Å². The number of aromatic nitrogens is 1. The molecule has 0 bridgehead atoms. The third-order valence-corrected chi connectivity index (χ3v) is 4.20. The van der Waals surface area contributed by atoms with Crippen molar-refractivity contribution in [1.29, 1.82) is 0 Å². The second-order valence-corrected chi connectivity index (χ2v) is 5.54. The number of amidine groups is 1. The van der Waals surface area contributed by atoms with Crippen molar-refractivity contribution in [3.8, 4) is 0 Å². The van der Waals surface area contributed by atoms with Crippen LogP contribution in [0.25, 0.3) is 0 Å². The van der Waals surface area contributed by atoms with Gasteiger partial charge in [0.15, 0.2) is 5.84 Å². The van der Waals surface area contributed by atoms with E-state index >= 15 is 0 Å². The number of thioether (sulfide) groups is 1. The number of hydrogen-bond acceptors (Lipinski definition) is 5. The molecule has 0 unspecified atom stereocenters. The van der Waals surface area contributed by atoms with E-state index in [2.05, 4.69) is 15.0 Å². The Bertz CT molecular complexity index is 447. The van der Waals surface area contributed by atoms with Gasteiger partial charge in [-0.3, -0.25) is 0 Å². The normalized spacial score (nSPS) is 17.6. The van der Waals surface area contributed by atoms with Crippen LogP contribution in [0, 0.1) is 0 Å². The van der Waals surface area contributed by atoms with Crippen molar-refractivity contribution < 1.29 is 5.21 Å². The minimum absolute atomic E-state index is 0.00727. The van der Waals surface area contributed by atoms with Gasteiger partial charge in [0.05, 0.1) is 5.02 Å². The summed E-state index contributed by atoms with van der Waals surface area (Å²) in [4.78, 5) is 6.46. The summed E-state index contributed by atoms with van der Waals surface area (Å²) >= 11 is 8.22. The number of rotatable bonds is 2. The van der Waals surface area contributed by atoms with Gasteiger partial charge < -0.3 is 15.8 Å². The molecule has 1 aliphatic rings. The molecule has 0 amide bonds. The zero-order valence-electron chi connectivity index (χ0n) is 9.84. The topological polar surface area (TPSA) is 74.7 Å². The molecule has 98 valence electrons. The Morgan fingerprint density at radius 1 is 1.50 bits per heavy atom. The van der Waals surface area contributed by atoms with Crippen LogP contribution in [-0.2, 0) is 0 Å². The zero-order chi connectivity index (χ0) is 13.0. The lowest BCUT2D eigenvalue weighted by atomic mass is 10.2. The molecule has 1 aromatic rings. The van der Waals surface area contributed by atoms with Crippen LogP contribution in [0.2, 0.25) is 5.02 Å². The van der Waals surface area contributed by atoms with Crippen LogP contribution in [0.1, 0.15) is 12.0 Å². The number of anilines is 1. The van der Waals surface area contributed by atoms with Crippen LogP contribution < -0.4 is 10.6 Å². The molecule has 3 N–H and O–H groups in total. The summed E-state index contributed by atoms with van der Waals surface area (Å²) in [6.07, 6.45) is 2.74. The molecule has 0 saturated carbocycles. The zero-order valence-corrected chi connectivity index (χ0v) is 11.4. The second-order valence-electron chi connectivity index (χ2n) is 3.93. The van der Waals surface area contributed by atoms with Gasteiger partial charge in [-0.1, -0.05) is 16.8 Å². The molecule has 1 aromatic heterocycles. The number of nitrogens with zero attached hydrogens (tertiary/aromatic N) is 3. The molecule has 0 aliphatic carbocycles. The van der Waals surface area contributed by atoms with E-state index < -0.39 is 0 Å².